The van der Waals surface area contributed by atoms with Crippen LogP contribution in [0.1, 0.15) is 5.69 Å². The van der Waals surface area contributed by atoms with E-state index in [2.05, 4.69) is 4.98 Å². The number of aromatic nitrogens is 1. The zero-order chi connectivity index (χ0) is 9.26. The zero-order valence-electron chi connectivity index (χ0n) is 6.88. The van der Waals surface area contributed by atoms with E-state index in [0.29, 0.717) is 6.42 Å². The lowest BCUT2D eigenvalue weighted by molar-refractivity contribution is -0.107. The predicted octanol–water partition coefficient (Wildman–Crippen LogP) is 2.05. The van der Waals surface area contributed by atoms with Crippen LogP contribution in [0.2, 0.25) is 0 Å². The minimum Gasteiger partial charge on any atom is -0.358 e. The minimum absolute atomic E-state index is 0.260. The van der Waals surface area contributed by atoms with Gasteiger partial charge in [-0.15, -0.1) is 0 Å². The standard InChI is InChI=1S/C10H8FNO/c11-8-1-2-10-7(5-8)6-9(12-10)3-4-13/h1-2,4-6,12H,3H2. The monoisotopic (exact) mass is 177 g/mol. The van der Waals surface area contributed by atoms with Gasteiger partial charge in [-0.3, -0.25) is 0 Å². The van der Waals surface area contributed by atoms with Crippen molar-refractivity contribution in [2.75, 3.05) is 0 Å². The van der Waals surface area contributed by atoms with E-state index in [0.717, 1.165) is 22.9 Å². The largest absolute Gasteiger partial charge is 0.358 e. The molecule has 0 fully saturated rings. The quantitative estimate of drug-likeness (QED) is 0.699. The Balaban J connectivity index is 2.55. The van der Waals surface area contributed by atoms with E-state index in [9.17, 15) is 9.18 Å². The normalized spacial score (nSPS) is 10.5. The molecule has 1 heterocycles. The SMILES string of the molecule is O=CCc1cc2cc(F)ccc2[nH]1. The molecule has 0 bridgehead atoms. The molecule has 0 amide bonds. The van der Waals surface area contributed by atoms with Crippen LogP contribution in [0.5, 0.6) is 0 Å². The molecule has 3 heteroatoms. The number of carbonyl (C=O) groups is 1. The van der Waals surface area contributed by atoms with Crippen LogP contribution in [0.4, 0.5) is 4.39 Å². The maximum atomic E-state index is 12.7. The average molecular weight is 177 g/mol. The van der Waals surface area contributed by atoms with Crippen LogP contribution < -0.4 is 0 Å². The van der Waals surface area contributed by atoms with Gasteiger partial charge in [0.05, 0.1) is 0 Å². The lowest BCUT2D eigenvalue weighted by Gasteiger charge is -1.87. The van der Waals surface area contributed by atoms with Crippen LogP contribution in [0, 0.1) is 5.82 Å². The summed E-state index contributed by atoms with van der Waals surface area (Å²) in [6, 6.07) is 6.29. The molecule has 0 radical (unpaired) electrons. The Morgan fingerprint density at radius 1 is 1.38 bits per heavy atom. The second-order valence-electron chi connectivity index (χ2n) is 2.90. The van der Waals surface area contributed by atoms with Crippen molar-refractivity contribution in [3.63, 3.8) is 0 Å². The fraction of sp³-hybridized carbons (Fsp3) is 0.100. The summed E-state index contributed by atoms with van der Waals surface area (Å²) in [7, 11) is 0. The smallest absolute Gasteiger partial charge is 0.125 e. The fourth-order valence-corrected chi connectivity index (χ4v) is 1.36. The van der Waals surface area contributed by atoms with Gasteiger partial charge >= 0.3 is 0 Å². The molecule has 1 aromatic carbocycles. The van der Waals surface area contributed by atoms with E-state index in [4.69, 9.17) is 0 Å². The third-order valence-electron chi connectivity index (χ3n) is 1.94. The van der Waals surface area contributed by atoms with Crippen LogP contribution >= 0.6 is 0 Å². The molecule has 0 spiro atoms. The Labute approximate surface area is 74.4 Å². The molecule has 0 aliphatic heterocycles. The molecule has 0 aliphatic carbocycles. The Kier molecular flexibility index (Phi) is 1.85. The van der Waals surface area contributed by atoms with Gasteiger partial charge in [0.2, 0.25) is 0 Å². The molecule has 1 N–H and O–H groups in total. The summed E-state index contributed by atoms with van der Waals surface area (Å²) in [5.74, 6) is -0.260. The minimum atomic E-state index is -0.260. The molecule has 1 aromatic heterocycles. The van der Waals surface area contributed by atoms with Crippen LogP contribution in [-0.2, 0) is 11.2 Å². The van der Waals surface area contributed by atoms with Gasteiger partial charge in [-0.1, -0.05) is 0 Å². The molecule has 0 aliphatic rings. The molecular weight excluding hydrogens is 169 g/mol. The van der Waals surface area contributed by atoms with Gasteiger partial charge in [0.15, 0.2) is 0 Å². The first-order chi connectivity index (χ1) is 6.29. The number of carbonyl (C=O) groups excluding carboxylic acids is 1. The van der Waals surface area contributed by atoms with E-state index < -0.39 is 0 Å². The third kappa shape index (κ3) is 1.45. The highest BCUT2D eigenvalue weighted by Crippen LogP contribution is 2.16. The van der Waals surface area contributed by atoms with Crippen molar-refractivity contribution in [1.29, 1.82) is 0 Å². The summed E-state index contributed by atoms with van der Waals surface area (Å²) in [6.45, 7) is 0. The van der Waals surface area contributed by atoms with Crippen molar-refractivity contribution < 1.29 is 9.18 Å². The van der Waals surface area contributed by atoms with E-state index in [-0.39, 0.29) is 5.82 Å². The summed E-state index contributed by atoms with van der Waals surface area (Å²) >= 11 is 0. The summed E-state index contributed by atoms with van der Waals surface area (Å²) in [4.78, 5) is 13.2. The number of hydrogen-bond donors (Lipinski definition) is 1. The zero-order valence-corrected chi connectivity index (χ0v) is 6.88. The van der Waals surface area contributed by atoms with Gasteiger partial charge in [0.25, 0.3) is 0 Å². The Morgan fingerprint density at radius 3 is 3.00 bits per heavy atom. The number of hydrogen-bond acceptors (Lipinski definition) is 1. The van der Waals surface area contributed by atoms with Crippen LogP contribution in [0.25, 0.3) is 10.9 Å². The average Bonchev–Trinajstić information content (AvgIpc) is 2.46. The molecule has 2 aromatic rings. The molecule has 2 rings (SSSR count). The van der Waals surface area contributed by atoms with Crippen molar-refractivity contribution in [2.24, 2.45) is 0 Å². The molecular formula is C10H8FNO. The molecule has 2 nitrogen and oxygen atoms in total. The number of nitrogens with one attached hydrogen (secondary N) is 1. The van der Waals surface area contributed by atoms with Crippen molar-refractivity contribution in [3.05, 3.63) is 35.8 Å². The first-order valence-electron chi connectivity index (χ1n) is 4.00. The lowest BCUT2D eigenvalue weighted by Crippen LogP contribution is -1.83. The van der Waals surface area contributed by atoms with Gasteiger partial charge in [-0.05, 0) is 24.3 Å². The predicted molar refractivity (Wildman–Crippen MR) is 48.0 cm³/mol. The second-order valence-corrected chi connectivity index (χ2v) is 2.90. The van der Waals surface area contributed by atoms with Crippen molar-refractivity contribution in [3.8, 4) is 0 Å². The maximum Gasteiger partial charge on any atom is 0.125 e. The molecule has 13 heavy (non-hydrogen) atoms. The lowest BCUT2D eigenvalue weighted by atomic mass is 10.2. The van der Waals surface area contributed by atoms with E-state index in [1.807, 2.05) is 0 Å². The first kappa shape index (κ1) is 7.98. The maximum absolute atomic E-state index is 12.7. The Hall–Kier alpha value is -1.64. The first-order valence-corrected chi connectivity index (χ1v) is 4.00. The number of benzene rings is 1. The van der Waals surface area contributed by atoms with Crippen molar-refractivity contribution in [2.45, 2.75) is 6.42 Å². The Bertz CT molecular complexity index is 447. The van der Waals surface area contributed by atoms with Gasteiger partial charge in [0.1, 0.15) is 12.1 Å². The highest BCUT2D eigenvalue weighted by Gasteiger charge is 2.00. The van der Waals surface area contributed by atoms with Crippen LogP contribution in [-0.4, -0.2) is 11.3 Å². The van der Waals surface area contributed by atoms with Gasteiger partial charge in [-0.2, -0.15) is 0 Å². The second kappa shape index (κ2) is 3.01. The number of aromatic amines is 1. The number of aldehydes is 1. The fourth-order valence-electron chi connectivity index (χ4n) is 1.36. The van der Waals surface area contributed by atoms with Crippen molar-refractivity contribution in [1.82, 2.24) is 4.98 Å². The third-order valence-corrected chi connectivity index (χ3v) is 1.94. The van der Waals surface area contributed by atoms with Gasteiger partial charge < -0.3 is 9.78 Å². The summed E-state index contributed by atoms with van der Waals surface area (Å²) in [5, 5.41) is 0.803. The van der Waals surface area contributed by atoms with E-state index in [1.54, 1.807) is 12.1 Å². The highest BCUT2D eigenvalue weighted by atomic mass is 19.1. The number of rotatable bonds is 2. The summed E-state index contributed by atoms with van der Waals surface area (Å²) < 4.78 is 12.7. The number of H-pyrrole nitrogens is 1. The molecule has 0 saturated carbocycles. The van der Waals surface area contributed by atoms with Gasteiger partial charge in [0, 0.05) is 23.0 Å². The van der Waals surface area contributed by atoms with Gasteiger partial charge in [-0.25, -0.2) is 4.39 Å². The van der Waals surface area contributed by atoms with E-state index in [1.165, 1.54) is 12.1 Å². The summed E-state index contributed by atoms with van der Waals surface area (Å²) in [6.07, 6.45) is 1.16. The molecule has 0 unspecified atom stereocenters. The highest BCUT2D eigenvalue weighted by molar-refractivity contribution is 5.81. The molecule has 0 saturated heterocycles. The Morgan fingerprint density at radius 2 is 2.23 bits per heavy atom. The van der Waals surface area contributed by atoms with Crippen LogP contribution in [0.15, 0.2) is 24.3 Å². The van der Waals surface area contributed by atoms with Crippen molar-refractivity contribution >= 4 is 17.2 Å². The van der Waals surface area contributed by atoms with E-state index >= 15 is 0 Å². The summed E-state index contributed by atoms with van der Waals surface area (Å²) in [5.41, 5.74) is 1.67. The number of halogens is 1. The topological polar surface area (TPSA) is 32.9 Å². The van der Waals surface area contributed by atoms with Crippen LogP contribution in [0.3, 0.4) is 0 Å². The number of fused-ring (bicyclic) bond motifs is 1. The molecule has 0 atom stereocenters. The molecule has 66 valence electrons.